The molecule has 33 heavy (non-hydrogen) atoms. The molecule has 1 N–H and O–H groups in total. The van der Waals surface area contributed by atoms with Crippen LogP contribution in [0.15, 0.2) is 54.4 Å². The number of thiazole rings is 1. The molecule has 10 heteroatoms. The fourth-order valence-electron chi connectivity index (χ4n) is 3.58. The molecule has 1 saturated heterocycles. The van der Waals surface area contributed by atoms with Crippen LogP contribution in [0.2, 0.25) is 0 Å². The molecule has 0 radical (unpaired) electrons. The predicted molar refractivity (Wildman–Crippen MR) is 120 cm³/mol. The molecule has 1 amide bonds. The lowest BCUT2D eigenvalue weighted by atomic mass is 9.96. The Kier molecular flexibility index (Phi) is 5.93. The number of aliphatic hydroxyl groups is 1. The Hall–Kier alpha value is -4.05. The number of hydrogen-bond donors (Lipinski definition) is 1. The number of nitrogens with zero attached hydrogens (tertiary/aromatic N) is 3. The Morgan fingerprint density at radius 2 is 1.88 bits per heavy atom. The average molecular weight is 465 g/mol. The van der Waals surface area contributed by atoms with E-state index in [1.54, 1.807) is 43.3 Å². The lowest BCUT2D eigenvalue weighted by Gasteiger charge is -2.22. The van der Waals surface area contributed by atoms with Crippen molar-refractivity contribution in [2.24, 2.45) is 0 Å². The molecule has 9 nitrogen and oxygen atoms in total. The van der Waals surface area contributed by atoms with Gasteiger partial charge in [-0.2, -0.15) is 0 Å². The van der Waals surface area contributed by atoms with Gasteiger partial charge in [0.1, 0.15) is 16.4 Å². The third-order valence-electron chi connectivity index (χ3n) is 5.17. The zero-order valence-electron chi connectivity index (χ0n) is 17.9. The van der Waals surface area contributed by atoms with Crippen LogP contribution < -0.4 is 9.64 Å². The molecule has 1 fully saturated rings. The van der Waals surface area contributed by atoms with E-state index in [0.717, 1.165) is 11.3 Å². The number of Topliss-reactive ketones (excluding diaryl/α,β-unsaturated/α-hetero) is 1. The molecule has 2 aromatic heterocycles. The second-order valence-electron chi connectivity index (χ2n) is 7.08. The first-order valence-electron chi connectivity index (χ1n) is 9.78. The third-order valence-corrected chi connectivity index (χ3v) is 6.31. The van der Waals surface area contributed by atoms with Crippen LogP contribution in [0, 0.1) is 6.92 Å². The maximum atomic E-state index is 13.2. The van der Waals surface area contributed by atoms with E-state index in [9.17, 15) is 19.5 Å². The van der Waals surface area contributed by atoms with Crippen LogP contribution >= 0.6 is 11.3 Å². The van der Waals surface area contributed by atoms with Crippen molar-refractivity contribution in [3.8, 4) is 5.75 Å². The molecule has 1 aliphatic rings. The van der Waals surface area contributed by atoms with Crippen LogP contribution in [0.1, 0.15) is 32.5 Å². The number of carbonyl (C=O) groups excluding carboxylic acids is 3. The molecule has 4 rings (SSSR count). The number of benzene rings is 1. The van der Waals surface area contributed by atoms with E-state index in [-0.39, 0.29) is 21.3 Å². The molecule has 0 spiro atoms. The van der Waals surface area contributed by atoms with Gasteiger partial charge in [0.05, 0.1) is 31.5 Å². The van der Waals surface area contributed by atoms with Gasteiger partial charge < -0.3 is 14.6 Å². The number of rotatable bonds is 5. The summed E-state index contributed by atoms with van der Waals surface area (Å²) in [7, 11) is 2.73. The lowest BCUT2D eigenvalue weighted by molar-refractivity contribution is -0.132. The van der Waals surface area contributed by atoms with Gasteiger partial charge in [-0.05, 0) is 36.8 Å². The number of anilines is 1. The van der Waals surface area contributed by atoms with Gasteiger partial charge in [0.15, 0.2) is 5.13 Å². The molecular weight excluding hydrogens is 446 g/mol. The van der Waals surface area contributed by atoms with E-state index in [1.807, 2.05) is 0 Å². The van der Waals surface area contributed by atoms with Crippen LogP contribution in [-0.2, 0) is 14.3 Å². The number of aliphatic hydroxyl groups excluding tert-OH is 1. The topological polar surface area (TPSA) is 119 Å². The second kappa shape index (κ2) is 8.83. The van der Waals surface area contributed by atoms with Gasteiger partial charge in [-0.3, -0.25) is 19.5 Å². The third kappa shape index (κ3) is 3.85. The zero-order chi connectivity index (χ0) is 23.7. The van der Waals surface area contributed by atoms with Gasteiger partial charge in [0.2, 0.25) is 0 Å². The maximum Gasteiger partial charge on any atom is 0.350 e. The summed E-state index contributed by atoms with van der Waals surface area (Å²) in [5.41, 5.74) is 1.12. The van der Waals surface area contributed by atoms with Crippen molar-refractivity contribution in [3.63, 3.8) is 0 Å². The van der Waals surface area contributed by atoms with E-state index >= 15 is 0 Å². The number of esters is 1. The normalized spacial score (nSPS) is 17.3. The summed E-state index contributed by atoms with van der Waals surface area (Å²) >= 11 is 0.937. The van der Waals surface area contributed by atoms with Crippen LogP contribution in [-0.4, -0.2) is 47.0 Å². The number of aromatic nitrogens is 2. The number of ether oxygens (including phenoxy) is 2. The van der Waals surface area contributed by atoms with E-state index in [0.29, 0.717) is 22.6 Å². The minimum atomic E-state index is -0.977. The van der Waals surface area contributed by atoms with Crippen molar-refractivity contribution in [2.45, 2.75) is 13.0 Å². The minimum Gasteiger partial charge on any atom is -0.507 e. The Bertz CT molecular complexity index is 1280. The zero-order valence-corrected chi connectivity index (χ0v) is 18.8. The molecule has 3 aromatic rings. The van der Waals surface area contributed by atoms with Crippen LogP contribution in [0.5, 0.6) is 5.75 Å². The summed E-state index contributed by atoms with van der Waals surface area (Å²) < 4.78 is 9.99. The highest BCUT2D eigenvalue weighted by Crippen LogP contribution is 2.43. The van der Waals surface area contributed by atoms with Gasteiger partial charge >= 0.3 is 11.9 Å². The van der Waals surface area contributed by atoms with E-state index in [4.69, 9.17) is 9.47 Å². The molecule has 3 heterocycles. The molecule has 168 valence electrons. The Balaban J connectivity index is 1.92. The van der Waals surface area contributed by atoms with Gasteiger partial charge in [0, 0.05) is 18.0 Å². The monoisotopic (exact) mass is 465 g/mol. The predicted octanol–water partition coefficient (Wildman–Crippen LogP) is 3.27. The van der Waals surface area contributed by atoms with E-state index < -0.39 is 23.7 Å². The largest absolute Gasteiger partial charge is 0.507 e. The molecule has 0 saturated carbocycles. The summed E-state index contributed by atoms with van der Waals surface area (Å²) in [5.74, 6) is -2.20. The highest BCUT2D eigenvalue weighted by molar-refractivity contribution is 7.17. The average Bonchev–Trinajstić information content (AvgIpc) is 3.35. The van der Waals surface area contributed by atoms with Crippen molar-refractivity contribution < 1.29 is 29.0 Å². The van der Waals surface area contributed by atoms with Crippen molar-refractivity contribution in [3.05, 3.63) is 76.1 Å². The second-order valence-corrected chi connectivity index (χ2v) is 8.06. The Morgan fingerprint density at radius 3 is 2.55 bits per heavy atom. The van der Waals surface area contributed by atoms with Gasteiger partial charge in [-0.25, -0.2) is 9.78 Å². The summed E-state index contributed by atoms with van der Waals surface area (Å²) in [5, 5.41) is 11.3. The first-order chi connectivity index (χ1) is 15.9. The fourth-order valence-corrected chi connectivity index (χ4v) is 4.60. The summed E-state index contributed by atoms with van der Waals surface area (Å²) in [6.07, 6.45) is 3.04. The van der Waals surface area contributed by atoms with Crippen LogP contribution in [0.25, 0.3) is 5.76 Å². The molecule has 1 unspecified atom stereocenters. The van der Waals surface area contributed by atoms with E-state index in [1.165, 1.54) is 31.5 Å². The van der Waals surface area contributed by atoms with Gasteiger partial charge in [-0.1, -0.05) is 23.5 Å². The quantitative estimate of drug-likeness (QED) is 0.264. The van der Waals surface area contributed by atoms with Crippen molar-refractivity contribution in [1.82, 2.24) is 9.97 Å². The van der Waals surface area contributed by atoms with Gasteiger partial charge in [-0.15, -0.1) is 0 Å². The maximum absolute atomic E-state index is 13.2. The fraction of sp³-hybridized carbons (Fsp3) is 0.174. The Labute approximate surface area is 192 Å². The van der Waals surface area contributed by atoms with E-state index in [2.05, 4.69) is 9.97 Å². The molecule has 1 atom stereocenters. The molecule has 1 aliphatic heterocycles. The molecule has 0 aliphatic carbocycles. The number of hydrogen-bond acceptors (Lipinski definition) is 9. The number of methoxy groups -OCH3 is 2. The number of ketones is 1. The highest BCUT2D eigenvalue weighted by Gasteiger charge is 2.48. The lowest BCUT2D eigenvalue weighted by Crippen LogP contribution is -2.29. The number of carbonyl (C=O) groups is 3. The Morgan fingerprint density at radius 1 is 1.15 bits per heavy atom. The first-order valence-corrected chi connectivity index (χ1v) is 10.6. The smallest absolute Gasteiger partial charge is 0.350 e. The molecule has 0 bridgehead atoms. The van der Waals surface area contributed by atoms with Crippen LogP contribution in [0.3, 0.4) is 0 Å². The molecule has 1 aromatic carbocycles. The first kappa shape index (κ1) is 22.2. The molecular formula is C23H19N3O6S. The summed E-state index contributed by atoms with van der Waals surface area (Å²) in [4.78, 5) is 48.2. The minimum absolute atomic E-state index is 0.105. The number of aryl methyl sites for hydroxylation is 1. The van der Waals surface area contributed by atoms with Crippen molar-refractivity contribution in [1.29, 1.82) is 0 Å². The SMILES string of the molecule is COC(=O)c1sc(N2C(=O)C(=O)/C(=C(/O)c3cccc(OC)c3)C2c2ccncc2)nc1C. The summed E-state index contributed by atoms with van der Waals surface area (Å²) in [6, 6.07) is 8.84. The summed E-state index contributed by atoms with van der Waals surface area (Å²) in [6.45, 7) is 1.61. The van der Waals surface area contributed by atoms with Crippen molar-refractivity contribution >= 4 is 39.9 Å². The number of amides is 1. The highest BCUT2D eigenvalue weighted by atomic mass is 32.1. The van der Waals surface area contributed by atoms with Gasteiger partial charge in [0.25, 0.3) is 5.78 Å². The standard InChI is InChI=1S/C23H19N3O6S/c1-12-20(22(30)32-3)33-23(25-12)26-17(13-7-9-24-10-8-13)16(19(28)21(26)29)18(27)14-5-4-6-15(11-14)31-2/h4-11,17,27H,1-3H3/b18-16+. The number of pyridine rings is 1. The van der Waals surface area contributed by atoms with Crippen LogP contribution in [0.4, 0.5) is 5.13 Å². The van der Waals surface area contributed by atoms with Crippen molar-refractivity contribution in [2.75, 3.05) is 19.1 Å².